The van der Waals surface area contributed by atoms with Gasteiger partial charge in [-0.1, -0.05) is 51.1 Å². The van der Waals surface area contributed by atoms with Crippen LogP contribution in [0.25, 0.3) is 6.08 Å². The number of imidazole rings is 1. The van der Waals surface area contributed by atoms with Crippen molar-refractivity contribution >= 4 is 12.0 Å². The predicted octanol–water partition coefficient (Wildman–Crippen LogP) is 3.88. The second-order valence-corrected chi connectivity index (χ2v) is 5.36. The summed E-state index contributed by atoms with van der Waals surface area (Å²) in [6, 6.07) is 10.7. The Kier molecular flexibility index (Phi) is 5.74. The number of carbonyl (C=O) groups excluding carboxylic acids is 1. The van der Waals surface area contributed by atoms with Crippen molar-refractivity contribution in [1.29, 1.82) is 0 Å². The zero-order valence-corrected chi connectivity index (χ0v) is 14.2. The average Bonchev–Trinajstić information content (AvgIpc) is 3.13. The molecule has 0 saturated carbocycles. The van der Waals surface area contributed by atoms with Gasteiger partial charge in [-0.05, 0) is 17.6 Å². The summed E-state index contributed by atoms with van der Waals surface area (Å²) < 4.78 is 6.87. The summed E-state index contributed by atoms with van der Waals surface area (Å²) >= 11 is 0. The highest BCUT2D eigenvalue weighted by Gasteiger charge is 2.32. The first kappa shape index (κ1) is 17.0. The third-order valence-electron chi connectivity index (χ3n) is 3.96. The van der Waals surface area contributed by atoms with E-state index in [-0.39, 0.29) is 12.0 Å². The normalized spacial score (nSPS) is 19.1. The Bertz CT molecular complexity index is 674. The number of benzene rings is 1. The van der Waals surface area contributed by atoms with Gasteiger partial charge in [0.15, 0.2) is 0 Å². The van der Waals surface area contributed by atoms with Crippen LogP contribution in [0.4, 0.5) is 0 Å². The summed E-state index contributed by atoms with van der Waals surface area (Å²) in [6.45, 7) is 6.24. The molecule has 2 atom stereocenters. The van der Waals surface area contributed by atoms with Crippen LogP contribution in [0, 0.1) is 5.92 Å². The maximum absolute atomic E-state index is 11.3. The summed E-state index contributed by atoms with van der Waals surface area (Å²) in [5, 5.41) is 0. The Balaban J connectivity index is 0.000000924. The molecule has 0 bridgehead atoms. The molecular formula is C19H24N2O2. The van der Waals surface area contributed by atoms with Gasteiger partial charge in [-0.2, -0.15) is 0 Å². The summed E-state index contributed by atoms with van der Waals surface area (Å²) in [5.41, 5.74) is 2.21. The van der Waals surface area contributed by atoms with E-state index < -0.39 is 0 Å². The maximum Gasteiger partial charge on any atom is 0.330 e. The molecule has 1 aliphatic rings. The third-order valence-corrected chi connectivity index (χ3v) is 3.96. The molecule has 0 aliphatic carbocycles. The molecule has 0 fully saturated rings. The van der Waals surface area contributed by atoms with Gasteiger partial charge in [-0.3, -0.25) is 0 Å². The highest BCUT2D eigenvalue weighted by molar-refractivity contribution is 5.86. The minimum Gasteiger partial charge on any atom is -0.466 e. The molecule has 4 nitrogen and oxygen atoms in total. The van der Waals surface area contributed by atoms with E-state index in [4.69, 9.17) is 0 Å². The number of ether oxygens (including phenoxy) is 1. The molecule has 0 N–H and O–H groups in total. The minimum absolute atomic E-state index is 0.265. The van der Waals surface area contributed by atoms with Gasteiger partial charge in [-0.15, -0.1) is 0 Å². The zero-order chi connectivity index (χ0) is 16.8. The number of fused-ring (bicyclic) bond motifs is 1. The number of aromatic nitrogens is 2. The van der Waals surface area contributed by atoms with Crippen molar-refractivity contribution in [2.24, 2.45) is 5.92 Å². The molecule has 0 radical (unpaired) electrons. The van der Waals surface area contributed by atoms with E-state index in [2.05, 4.69) is 45.5 Å². The first-order valence-electron chi connectivity index (χ1n) is 8.07. The fourth-order valence-electron chi connectivity index (χ4n) is 3.01. The standard InChI is InChI=1S/C17H18N2O2.C2H6/c1-12-10-15-18-11-14(8-9-16(20)21-2)19(15)17(12)13-6-4-3-5-7-13;1-2/h3-9,11-12,17H,10H2,1-2H3;1-2H3/b9-8+;. The van der Waals surface area contributed by atoms with Crippen LogP contribution in [0.1, 0.15) is 43.9 Å². The molecule has 2 heterocycles. The first-order valence-corrected chi connectivity index (χ1v) is 8.07. The van der Waals surface area contributed by atoms with Crippen LogP contribution in [-0.2, 0) is 16.0 Å². The van der Waals surface area contributed by atoms with Crippen molar-refractivity contribution in [2.75, 3.05) is 7.11 Å². The van der Waals surface area contributed by atoms with Crippen molar-refractivity contribution < 1.29 is 9.53 Å². The lowest BCUT2D eigenvalue weighted by molar-refractivity contribution is -0.134. The fraction of sp³-hybridized carbons (Fsp3) is 0.368. The lowest BCUT2D eigenvalue weighted by Crippen LogP contribution is -2.13. The summed E-state index contributed by atoms with van der Waals surface area (Å²) in [4.78, 5) is 15.8. The van der Waals surface area contributed by atoms with Gasteiger partial charge in [0.1, 0.15) is 5.82 Å². The van der Waals surface area contributed by atoms with E-state index in [1.54, 1.807) is 6.08 Å². The zero-order valence-electron chi connectivity index (χ0n) is 14.2. The van der Waals surface area contributed by atoms with E-state index in [1.807, 2.05) is 26.1 Å². The Morgan fingerprint density at radius 2 is 2.00 bits per heavy atom. The van der Waals surface area contributed by atoms with Crippen LogP contribution in [0.2, 0.25) is 0 Å². The number of esters is 1. The highest BCUT2D eigenvalue weighted by atomic mass is 16.5. The third kappa shape index (κ3) is 3.52. The second-order valence-electron chi connectivity index (χ2n) is 5.36. The molecule has 122 valence electrons. The smallest absolute Gasteiger partial charge is 0.330 e. The molecular weight excluding hydrogens is 288 g/mol. The summed E-state index contributed by atoms with van der Waals surface area (Å²) in [7, 11) is 1.38. The van der Waals surface area contributed by atoms with E-state index >= 15 is 0 Å². The van der Waals surface area contributed by atoms with E-state index in [1.165, 1.54) is 18.7 Å². The van der Waals surface area contributed by atoms with Crippen molar-refractivity contribution in [3.63, 3.8) is 0 Å². The van der Waals surface area contributed by atoms with Gasteiger partial charge >= 0.3 is 5.97 Å². The van der Waals surface area contributed by atoms with Gasteiger partial charge in [0.05, 0.1) is 25.0 Å². The van der Waals surface area contributed by atoms with Gasteiger partial charge < -0.3 is 9.30 Å². The van der Waals surface area contributed by atoms with Gasteiger partial charge in [-0.25, -0.2) is 9.78 Å². The summed E-state index contributed by atoms with van der Waals surface area (Å²) in [5.74, 6) is 1.20. The number of rotatable bonds is 3. The molecule has 2 unspecified atom stereocenters. The quantitative estimate of drug-likeness (QED) is 0.638. The molecule has 0 amide bonds. The molecule has 23 heavy (non-hydrogen) atoms. The molecule has 0 saturated heterocycles. The Morgan fingerprint density at radius 1 is 1.30 bits per heavy atom. The molecule has 1 aromatic carbocycles. The molecule has 4 heteroatoms. The van der Waals surface area contributed by atoms with Crippen LogP contribution in [0.3, 0.4) is 0 Å². The van der Waals surface area contributed by atoms with Crippen LogP contribution >= 0.6 is 0 Å². The van der Waals surface area contributed by atoms with Crippen LogP contribution in [0.5, 0.6) is 0 Å². The molecule has 1 aliphatic heterocycles. The van der Waals surface area contributed by atoms with Crippen molar-refractivity contribution in [3.05, 3.63) is 59.7 Å². The molecule has 2 aromatic rings. The topological polar surface area (TPSA) is 44.1 Å². The largest absolute Gasteiger partial charge is 0.466 e. The SMILES string of the molecule is CC.COC(=O)/C=C/c1cnc2n1C(c1ccccc1)C(C)C2. The molecule has 0 spiro atoms. The number of carbonyl (C=O) groups is 1. The first-order chi connectivity index (χ1) is 11.2. The van der Waals surface area contributed by atoms with E-state index in [0.29, 0.717) is 5.92 Å². The summed E-state index contributed by atoms with van der Waals surface area (Å²) in [6.07, 6.45) is 5.98. The lowest BCUT2D eigenvalue weighted by Gasteiger charge is -2.20. The average molecular weight is 312 g/mol. The Hall–Kier alpha value is -2.36. The molecule has 3 rings (SSSR count). The van der Waals surface area contributed by atoms with Crippen molar-refractivity contribution in [2.45, 2.75) is 33.2 Å². The van der Waals surface area contributed by atoms with Gasteiger partial charge in [0, 0.05) is 12.5 Å². The monoisotopic (exact) mass is 312 g/mol. The van der Waals surface area contributed by atoms with Crippen molar-refractivity contribution in [1.82, 2.24) is 9.55 Å². The van der Waals surface area contributed by atoms with E-state index in [0.717, 1.165) is 17.9 Å². The molecule has 1 aromatic heterocycles. The second kappa shape index (κ2) is 7.77. The van der Waals surface area contributed by atoms with Gasteiger partial charge in [0.2, 0.25) is 0 Å². The number of hydrogen-bond acceptors (Lipinski definition) is 3. The van der Waals surface area contributed by atoms with Crippen LogP contribution < -0.4 is 0 Å². The highest BCUT2D eigenvalue weighted by Crippen LogP contribution is 2.37. The van der Waals surface area contributed by atoms with Crippen LogP contribution in [0.15, 0.2) is 42.6 Å². The predicted molar refractivity (Wildman–Crippen MR) is 92.1 cm³/mol. The number of methoxy groups -OCH3 is 1. The Labute approximate surface area is 137 Å². The minimum atomic E-state index is -0.354. The number of hydrogen-bond donors (Lipinski definition) is 0. The number of nitrogens with zero attached hydrogens (tertiary/aromatic N) is 2. The van der Waals surface area contributed by atoms with Crippen LogP contribution in [-0.4, -0.2) is 22.6 Å². The lowest BCUT2D eigenvalue weighted by atomic mass is 9.95. The fourth-order valence-corrected chi connectivity index (χ4v) is 3.01. The van der Waals surface area contributed by atoms with E-state index in [9.17, 15) is 4.79 Å². The van der Waals surface area contributed by atoms with Gasteiger partial charge in [0.25, 0.3) is 0 Å². The van der Waals surface area contributed by atoms with Crippen molar-refractivity contribution in [3.8, 4) is 0 Å². The Morgan fingerprint density at radius 3 is 2.65 bits per heavy atom. The maximum atomic E-state index is 11.3.